The van der Waals surface area contributed by atoms with Crippen molar-refractivity contribution < 1.29 is 62.4 Å². The summed E-state index contributed by atoms with van der Waals surface area (Å²) in [7, 11) is 11.7. The molecule has 6 N–H and O–H groups in total. The molecule has 6 atom stereocenters. The molecule has 3 aromatic carbocycles. The predicted octanol–water partition coefficient (Wildman–Crippen LogP) is 9.46. The number of carbonyl (C=O) groups excluding carboxylic acids is 3. The van der Waals surface area contributed by atoms with Gasteiger partial charge in [-0.1, -0.05) is 92.2 Å². The first-order valence-corrected chi connectivity index (χ1v) is 21.2. The zero-order chi connectivity index (χ0) is 50.1. The van der Waals surface area contributed by atoms with E-state index in [2.05, 4.69) is 16.4 Å². The molecule has 3 rings (SSSR count). The number of aliphatic hydroxyl groups is 3. The minimum absolute atomic E-state index is 0. The van der Waals surface area contributed by atoms with Crippen molar-refractivity contribution >= 4 is 34.4 Å². The molecule has 0 saturated heterocycles. The van der Waals surface area contributed by atoms with Crippen molar-refractivity contribution in [3.8, 4) is 0 Å². The molecule has 1 radical (unpaired) electrons. The second kappa shape index (κ2) is 32.4. The van der Waals surface area contributed by atoms with Gasteiger partial charge >= 0.3 is 17.1 Å². The molecule has 365 valence electrons. The molecule has 3 unspecified atom stereocenters. The van der Waals surface area contributed by atoms with E-state index >= 15 is 0 Å². The largest absolute Gasteiger partial charge is 3.00 e. The SMILES string of the molecule is CC(/C=C/C(O)[N-]O)=C\[C@@H](C)C(=O)c1ccc(N(C)C)cc1.CC(/C=C/C(O)[N-]O)=C\[C@H](C)C(=O)c1ccc(N(C)C)cc1.CC(=C/[C@@H](C)C(=O)c1ccc(N(C)C)cc1)/C=C/C(O)[N-]O.[Fe+3]. The number of hydrogen-bond acceptors (Lipinski definition) is 12. The number of hydroxylamine groups is 3. The molecule has 0 bridgehead atoms. The third kappa shape index (κ3) is 23.8. The fourth-order valence-electron chi connectivity index (χ4n) is 5.97. The zero-order valence-corrected chi connectivity index (χ0v) is 41.6. The monoisotopic (exact) mass is 965 g/mol. The Morgan fingerprint density at radius 1 is 0.433 bits per heavy atom. The Balaban J connectivity index is 0.000000968. The molecule has 67 heavy (non-hydrogen) atoms. The van der Waals surface area contributed by atoms with Crippen LogP contribution in [0.3, 0.4) is 0 Å². The standard InChI is InChI=1S/3C17H23N2O3.Fe/c3*1-12(5-10-16(20)18-22)11-13(2)17(21)14-6-8-15(9-7-14)19(3)4;/h3*5-11,13,16,20,22H,1-4H3;/q3*-1;+3/b2*10-5+,12-11+;10-5+,12-11-;/t3*13-,16?;/m101./s1. The van der Waals surface area contributed by atoms with E-state index in [1.807, 2.05) is 190 Å². The maximum atomic E-state index is 12.4. The van der Waals surface area contributed by atoms with E-state index in [-0.39, 0.29) is 52.2 Å². The molecule has 0 amide bonds. The van der Waals surface area contributed by atoms with Gasteiger partial charge in [0.25, 0.3) is 0 Å². The van der Waals surface area contributed by atoms with Crippen molar-refractivity contribution in [2.24, 2.45) is 17.8 Å². The van der Waals surface area contributed by atoms with Crippen LogP contribution in [-0.2, 0) is 17.1 Å². The maximum absolute atomic E-state index is 12.4. The quantitative estimate of drug-likeness (QED) is 0.0254. The van der Waals surface area contributed by atoms with E-state index in [0.717, 1.165) is 33.8 Å². The Kier molecular flexibility index (Phi) is 29.8. The Morgan fingerprint density at radius 3 is 0.791 bits per heavy atom. The molecular formula is C51H69FeN6O9. The van der Waals surface area contributed by atoms with Crippen LogP contribution in [0.4, 0.5) is 17.1 Å². The molecule has 3 aromatic rings. The molecule has 0 spiro atoms. The van der Waals surface area contributed by atoms with Gasteiger partial charge in [-0.25, -0.2) is 0 Å². The third-order valence-corrected chi connectivity index (χ3v) is 9.73. The van der Waals surface area contributed by atoms with Gasteiger partial charge in [-0.15, -0.1) is 0 Å². The number of benzene rings is 3. The van der Waals surface area contributed by atoms with Crippen LogP contribution >= 0.6 is 0 Å². The fourth-order valence-corrected chi connectivity index (χ4v) is 5.97. The number of nitrogens with zero attached hydrogens (tertiary/aromatic N) is 6. The van der Waals surface area contributed by atoms with Crippen molar-refractivity contribution in [3.63, 3.8) is 0 Å². The number of aliphatic hydroxyl groups excluding tert-OH is 3. The molecule has 0 saturated carbocycles. The number of Topliss-reactive ketones (excluding diaryl/α,β-unsaturated/α-hetero) is 3. The van der Waals surface area contributed by atoms with E-state index in [9.17, 15) is 14.4 Å². The third-order valence-electron chi connectivity index (χ3n) is 9.73. The summed E-state index contributed by atoms with van der Waals surface area (Å²) < 4.78 is 0. The second-order valence-corrected chi connectivity index (χ2v) is 16.2. The van der Waals surface area contributed by atoms with Crippen LogP contribution in [0.1, 0.15) is 72.6 Å². The Hall–Kier alpha value is -5.33. The molecule has 15 nitrogen and oxygen atoms in total. The summed E-state index contributed by atoms with van der Waals surface area (Å²) in [5, 5.41) is 52.4. The van der Waals surface area contributed by atoms with Gasteiger partial charge in [0.2, 0.25) is 0 Å². The smallest absolute Gasteiger partial charge is 0.509 e. The Bertz CT molecular complexity index is 1890. The van der Waals surface area contributed by atoms with Gasteiger partial charge in [0.05, 0.1) is 0 Å². The van der Waals surface area contributed by atoms with Gasteiger partial charge < -0.3 is 62.1 Å². The van der Waals surface area contributed by atoms with E-state index in [1.54, 1.807) is 18.2 Å². The number of rotatable bonds is 21. The minimum atomic E-state index is -1.24. The molecule has 0 aliphatic rings. The normalized spacial score (nSPS) is 14.7. The average molecular weight is 966 g/mol. The topological polar surface area (TPSA) is 225 Å². The van der Waals surface area contributed by atoms with Crippen LogP contribution in [0.25, 0.3) is 16.4 Å². The van der Waals surface area contributed by atoms with Crippen molar-refractivity contribution in [1.82, 2.24) is 0 Å². The van der Waals surface area contributed by atoms with Gasteiger partial charge in [0.1, 0.15) is 0 Å². The van der Waals surface area contributed by atoms with Crippen LogP contribution in [0.5, 0.6) is 0 Å². The summed E-state index contributed by atoms with van der Waals surface area (Å²) in [6, 6.07) is 22.4. The van der Waals surface area contributed by atoms with Crippen LogP contribution in [0, 0.1) is 17.8 Å². The molecule has 0 aliphatic carbocycles. The van der Waals surface area contributed by atoms with Crippen LogP contribution in [0.15, 0.2) is 144 Å². The van der Waals surface area contributed by atoms with Gasteiger partial charge in [0.15, 0.2) is 17.3 Å². The number of ketones is 3. The number of carbonyl (C=O) groups is 3. The number of hydrogen-bond donors (Lipinski definition) is 6. The van der Waals surface area contributed by atoms with Gasteiger partial charge in [0, 0.05) is 112 Å². The van der Waals surface area contributed by atoms with Gasteiger partial charge in [-0.3, -0.25) is 14.4 Å². The summed E-state index contributed by atoms with van der Waals surface area (Å²) in [4.78, 5) is 43.0. The van der Waals surface area contributed by atoms with Crippen molar-refractivity contribution in [1.29, 1.82) is 0 Å². The molecule has 0 aromatic heterocycles. The fraction of sp³-hybridized carbons (Fsp3) is 0.353. The first-order valence-electron chi connectivity index (χ1n) is 21.2. The first kappa shape index (κ1) is 61.7. The van der Waals surface area contributed by atoms with E-state index < -0.39 is 18.7 Å². The average Bonchev–Trinajstić information content (AvgIpc) is 3.31. The maximum Gasteiger partial charge on any atom is 3.00 e. The minimum Gasteiger partial charge on any atom is -0.509 e. The summed E-state index contributed by atoms with van der Waals surface area (Å²) in [5.41, 5.74) is 15.7. The molecule has 0 fully saturated rings. The van der Waals surface area contributed by atoms with Crippen LogP contribution < -0.4 is 14.7 Å². The van der Waals surface area contributed by atoms with Crippen LogP contribution in [-0.4, -0.2) is 109 Å². The van der Waals surface area contributed by atoms with E-state index in [4.69, 9.17) is 30.9 Å². The van der Waals surface area contributed by atoms with Crippen molar-refractivity contribution in [2.45, 2.75) is 60.2 Å². The van der Waals surface area contributed by atoms with Crippen molar-refractivity contribution in [2.75, 3.05) is 57.0 Å². The zero-order valence-electron chi connectivity index (χ0n) is 40.5. The first-order chi connectivity index (χ1) is 31.0. The van der Waals surface area contributed by atoms with Gasteiger partial charge in [-0.05, 0) is 93.6 Å². The second-order valence-electron chi connectivity index (χ2n) is 16.2. The predicted molar refractivity (Wildman–Crippen MR) is 265 cm³/mol. The number of allylic oxidation sites excluding steroid dienone is 9. The summed E-state index contributed by atoms with van der Waals surface area (Å²) in [6.07, 6.45) is 10.6. The summed E-state index contributed by atoms with van der Waals surface area (Å²) >= 11 is 0. The molecule has 0 heterocycles. The molecule has 16 heteroatoms. The van der Waals surface area contributed by atoms with E-state index in [0.29, 0.717) is 16.7 Å². The van der Waals surface area contributed by atoms with Crippen molar-refractivity contribution in [3.05, 3.63) is 177 Å². The van der Waals surface area contributed by atoms with Crippen LogP contribution in [0.2, 0.25) is 0 Å². The summed E-state index contributed by atoms with van der Waals surface area (Å²) in [5.74, 6) is -0.740. The molecular weight excluding hydrogens is 896 g/mol. The van der Waals surface area contributed by atoms with Gasteiger partial charge in [-0.2, -0.15) is 0 Å². The van der Waals surface area contributed by atoms with E-state index in [1.165, 1.54) is 18.2 Å². The Labute approximate surface area is 407 Å². The summed E-state index contributed by atoms with van der Waals surface area (Å²) in [6.45, 7) is 10.9. The Morgan fingerprint density at radius 2 is 0.627 bits per heavy atom. The molecule has 0 aliphatic heterocycles. The number of anilines is 3.